The molecule has 1 aliphatic carbocycles. The lowest BCUT2D eigenvalue weighted by molar-refractivity contribution is -0.181. The smallest absolute Gasteiger partial charge is 0.411 e. The van der Waals surface area contributed by atoms with Gasteiger partial charge in [0, 0.05) is 30.2 Å². The zero-order valence-electron chi connectivity index (χ0n) is 21.2. The van der Waals surface area contributed by atoms with Crippen LogP contribution in [0.5, 0.6) is 5.75 Å². The monoisotopic (exact) mass is 536 g/mol. The molecule has 1 saturated carbocycles. The van der Waals surface area contributed by atoms with Crippen LogP contribution >= 0.6 is 0 Å². The summed E-state index contributed by atoms with van der Waals surface area (Å²) in [5.41, 5.74) is 19.3. The number of aliphatic imine (C=N–C) groups is 1. The molecule has 3 rings (SSSR count). The fourth-order valence-electron chi connectivity index (χ4n) is 3.89. The van der Waals surface area contributed by atoms with Gasteiger partial charge in [-0.1, -0.05) is 25.3 Å². The summed E-state index contributed by atoms with van der Waals surface area (Å²) in [6.07, 6.45) is 5.09. The van der Waals surface area contributed by atoms with Gasteiger partial charge in [-0.3, -0.25) is 4.99 Å². The Morgan fingerprint density at radius 1 is 1.18 bits per heavy atom. The number of rotatable bonds is 12. The van der Waals surface area contributed by atoms with Crippen molar-refractivity contribution in [1.29, 1.82) is 0 Å². The number of nitrogens with zero attached hydrogens (tertiary/aromatic N) is 3. The van der Waals surface area contributed by atoms with E-state index in [1.54, 1.807) is 36.8 Å². The van der Waals surface area contributed by atoms with Crippen LogP contribution in [0.3, 0.4) is 0 Å². The summed E-state index contributed by atoms with van der Waals surface area (Å²) in [5, 5.41) is 6.12. The van der Waals surface area contributed by atoms with Gasteiger partial charge in [0.05, 0.1) is 24.3 Å². The number of ether oxygens (including phenoxy) is 2. The van der Waals surface area contributed by atoms with Crippen LogP contribution in [-0.2, 0) is 4.74 Å². The molecular weight excluding hydrogens is 501 g/mol. The third-order valence-corrected chi connectivity index (χ3v) is 5.86. The maximum atomic E-state index is 12.7. The first-order chi connectivity index (χ1) is 18.1. The van der Waals surface area contributed by atoms with Gasteiger partial charge in [-0.25, -0.2) is 9.97 Å². The Bertz CT molecular complexity index is 1070. The molecule has 8 N–H and O–H groups in total. The molecule has 2 aromatic rings. The van der Waals surface area contributed by atoms with Crippen molar-refractivity contribution in [3.8, 4) is 16.9 Å². The maximum Gasteiger partial charge on any atom is 0.411 e. The van der Waals surface area contributed by atoms with Crippen LogP contribution in [0.2, 0.25) is 0 Å². The van der Waals surface area contributed by atoms with Gasteiger partial charge in [0.2, 0.25) is 5.95 Å². The molecule has 1 aromatic heterocycles. The van der Waals surface area contributed by atoms with E-state index >= 15 is 0 Å². The molecule has 1 unspecified atom stereocenters. The number of nitrogens with one attached hydrogen (secondary N) is 2. The zero-order valence-corrected chi connectivity index (χ0v) is 21.2. The minimum Gasteiger partial charge on any atom is -0.487 e. The second-order valence-electron chi connectivity index (χ2n) is 9.06. The largest absolute Gasteiger partial charge is 0.487 e. The lowest BCUT2D eigenvalue weighted by Crippen LogP contribution is -2.36. The second kappa shape index (κ2) is 13.8. The molecule has 38 heavy (non-hydrogen) atoms. The normalized spacial score (nSPS) is 16.8. The topological polar surface area (TPSA) is 159 Å². The molecule has 0 aliphatic heterocycles. The fourth-order valence-corrected chi connectivity index (χ4v) is 3.89. The van der Waals surface area contributed by atoms with Gasteiger partial charge in [-0.05, 0) is 37.5 Å². The maximum absolute atomic E-state index is 12.7. The predicted octanol–water partition coefficient (Wildman–Crippen LogP) is 3.52. The van der Waals surface area contributed by atoms with Crippen molar-refractivity contribution in [3.63, 3.8) is 0 Å². The first kappa shape index (κ1) is 29.0. The molecule has 0 amide bonds. The minimum absolute atomic E-state index is 0.150. The Morgan fingerprint density at radius 3 is 2.55 bits per heavy atom. The molecule has 2 atom stereocenters. The molecular formula is C25H35F3N8O2. The summed E-state index contributed by atoms with van der Waals surface area (Å²) >= 11 is 0. The summed E-state index contributed by atoms with van der Waals surface area (Å²) in [6, 6.07) is 5.50. The van der Waals surface area contributed by atoms with Crippen LogP contribution in [0.25, 0.3) is 11.1 Å². The molecule has 0 spiro atoms. The third kappa shape index (κ3) is 9.38. The SMILES string of the molecule is C[C@@H](CN=CN)Oc1cc(-c2cnc(N/C(=C/NC3CCCCC3)C(N)OCC(F)(F)F)nc2)ccc1N. The number of anilines is 2. The molecule has 13 heteroatoms. The number of benzene rings is 1. The summed E-state index contributed by atoms with van der Waals surface area (Å²) < 4.78 is 48.7. The molecule has 1 aliphatic rings. The summed E-state index contributed by atoms with van der Waals surface area (Å²) in [5.74, 6) is 0.632. The van der Waals surface area contributed by atoms with Gasteiger partial charge in [0.15, 0.2) is 0 Å². The van der Waals surface area contributed by atoms with Crippen LogP contribution in [0, 0.1) is 0 Å². The van der Waals surface area contributed by atoms with Gasteiger partial charge in [-0.2, -0.15) is 13.2 Å². The average molecular weight is 537 g/mol. The van der Waals surface area contributed by atoms with Crippen LogP contribution in [0.4, 0.5) is 24.8 Å². The van der Waals surface area contributed by atoms with Crippen molar-refractivity contribution in [2.24, 2.45) is 16.5 Å². The number of aromatic nitrogens is 2. The lowest BCUT2D eigenvalue weighted by Gasteiger charge is -2.24. The van der Waals surface area contributed by atoms with Crippen LogP contribution < -0.4 is 32.6 Å². The quantitative estimate of drug-likeness (QED) is 0.118. The minimum atomic E-state index is -4.51. The van der Waals surface area contributed by atoms with Crippen molar-refractivity contribution >= 4 is 18.0 Å². The lowest BCUT2D eigenvalue weighted by atomic mass is 9.96. The van der Waals surface area contributed by atoms with Gasteiger partial charge in [-0.15, -0.1) is 0 Å². The van der Waals surface area contributed by atoms with Crippen molar-refractivity contribution in [3.05, 3.63) is 42.5 Å². The second-order valence-corrected chi connectivity index (χ2v) is 9.06. The van der Waals surface area contributed by atoms with Gasteiger partial charge < -0.3 is 37.3 Å². The van der Waals surface area contributed by atoms with Crippen molar-refractivity contribution in [2.45, 2.75) is 63.6 Å². The van der Waals surface area contributed by atoms with E-state index in [1.807, 2.05) is 6.92 Å². The van der Waals surface area contributed by atoms with E-state index in [9.17, 15) is 13.2 Å². The highest BCUT2D eigenvalue weighted by Gasteiger charge is 2.29. The van der Waals surface area contributed by atoms with E-state index < -0.39 is 19.0 Å². The molecule has 0 bridgehead atoms. The van der Waals surface area contributed by atoms with E-state index in [0.717, 1.165) is 31.2 Å². The molecule has 10 nitrogen and oxygen atoms in total. The number of nitrogens with two attached hydrogens (primary N) is 3. The number of alkyl halides is 3. The van der Waals surface area contributed by atoms with E-state index in [-0.39, 0.29) is 23.8 Å². The van der Waals surface area contributed by atoms with Gasteiger partial charge >= 0.3 is 6.18 Å². The third-order valence-electron chi connectivity index (χ3n) is 5.86. The Labute approximate surface area is 219 Å². The molecule has 0 saturated heterocycles. The summed E-state index contributed by atoms with van der Waals surface area (Å²) in [7, 11) is 0. The number of hydrogen-bond donors (Lipinski definition) is 5. The standard InChI is InChI=1S/C25H35F3N8O2/c1-16(10-32-15-29)38-22-9-17(7-8-20(22)30)18-11-34-24(35-12-18)36-21(23(31)37-14-25(26,27)28)13-33-19-5-3-2-4-6-19/h7-9,11-13,15-16,19,23,33H,2-6,10,14,30-31H2,1H3,(H2,29,32)(H,34,35,36)/b21-13+/t16-,23?/m0/s1. The molecule has 1 aromatic carbocycles. The zero-order chi connectivity index (χ0) is 27.5. The Kier molecular flexibility index (Phi) is 10.5. The van der Waals surface area contributed by atoms with Gasteiger partial charge in [0.1, 0.15) is 24.7 Å². The van der Waals surface area contributed by atoms with Crippen LogP contribution in [0.1, 0.15) is 39.0 Å². The highest BCUT2D eigenvalue weighted by Crippen LogP contribution is 2.29. The first-order valence-corrected chi connectivity index (χ1v) is 12.4. The predicted molar refractivity (Wildman–Crippen MR) is 141 cm³/mol. The molecule has 1 fully saturated rings. The van der Waals surface area contributed by atoms with Crippen molar-refractivity contribution in [2.75, 3.05) is 24.2 Å². The molecule has 1 heterocycles. The van der Waals surface area contributed by atoms with E-state index in [0.29, 0.717) is 23.5 Å². The van der Waals surface area contributed by atoms with E-state index in [4.69, 9.17) is 26.7 Å². The molecule has 0 radical (unpaired) electrons. The first-order valence-electron chi connectivity index (χ1n) is 12.4. The van der Waals surface area contributed by atoms with Crippen LogP contribution in [-0.4, -0.2) is 54.0 Å². The summed E-state index contributed by atoms with van der Waals surface area (Å²) in [4.78, 5) is 12.6. The summed E-state index contributed by atoms with van der Waals surface area (Å²) in [6.45, 7) is 0.749. The highest BCUT2D eigenvalue weighted by atomic mass is 19.4. The average Bonchev–Trinajstić information content (AvgIpc) is 2.90. The van der Waals surface area contributed by atoms with Gasteiger partial charge in [0.25, 0.3) is 0 Å². The fraction of sp³-hybridized carbons (Fsp3) is 0.480. The van der Waals surface area contributed by atoms with E-state index in [2.05, 4.69) is 25.6 Å². The van der Waals surface area contributed by atoms with Crippen molar-refractivity contribution in [1.82, 2.24) is 15.3 Å². The molecule has 208 valence electrons. The highest BCUT2D eigenvalue weighted by molar-refractivity contribution is 5.69. The Balaban J connectivity index is 1.73. The number of nitrogen functional groups attached to an aromatic ring is 1. The van der Waals surface area contributed by atoms with E-state index in [1.165, 1.54) is 12.8 Å². The Morgan fingerprint density at radius 2 is 1.89 bits per heavy atom. The number of halogens is 3. The van der Waals surface area contributed by atoms with Crippen molar-refractivity contribution < 1.29 is 22.6 Å². The Hall–Kier alpha value is -3.58. The number of hydrogen-bond acceptors (Lipinski definition) is 9. The van der Waals surface area contributed by atoms with Crippen LogP contribution in [0.15, 0.2) is 47.5 Å².